The first-order valence-electron chi connectivity index (χ1n) is 8.46. The van der Waals surface area contributed by atoms with Gasteiger partial charge in [-0.3, -0.25) is 0 Å². The van der Waals surface area contributed by atoms with Gasteiger partial charge in [0.1, 0.15) is 0 Å². The molecule has 2 unspecified atom stereocenters. The van der Waals surface area contributed by atoms with Gasteiger partial charge in [0, 0.05) is 0 Å². The van der Waals surface area contributed by atoms with Crippen LogP contribution in [0, 0.1) is 0 Å². The van der Waals surface area contributed by atoms with Gasteiger partial charge in [0.25, 0.3) is 0 Å². The van der Waals surface area contributed by atoms with Crippen LogP contribution >= 0.6 is 0 Å². The van der Waals surface area contributed by atoms with Crippen LogP contribution in [0.25, 0.3) is 0 Å². The minimum absolute atomic E-state index is 0.302. The third kappa shape index (κ3) is 3.53. The molecule has 0 bridgehead atoms. The Morgan fingerprint density at radius 3 is 1.50 bits per heavy atom. The molecule has 2 rings (SSSR count). The van der Waals surface area contributed by atoms with Crippen molar-refractivity contribution in [3.8, 4) is 0 Å². The highest BCUT2D eigenvalue weighted by molar-refractivity contribution is 7.93. The molecular formula is C18H15F9N2O2S. The lowest BCUT2D eigenvalue weighted by Crippen LogP contribution is -2.68. The van der Waals surface area contributed by atoms with Crippen LogP contribution < -0.4 is 11.5 Å². The van der Waals surface area contributed by atoms with E-state index in [0.29, 0.717) is 0 Å². The van der Waals surface area contributed by atoms with Gasteiger partial charge in [0.2, 0.25) is 9.84 Å². The largest absolute Gasteiger partial charge is 0.460 e. The van der Waals surface area contributed by atoms with Gasteiger partial charge in [0.05, 0.1) is 6.04 Å². The fraction of sp³-hybridized carbons (Fsp3) is 0.333. The Morgan fingerprint density at radius 1 is 0.688 bits per heavy atom. The van der Waals surface area contributed by atoms with Crippen LogP contribution in [0.4, 0.5) is 39.5 Å². The van der Waals surface area contributed by atoms with E-state index in [0.717, 1.165) is 36.4 Å². The number of nitrogens with two attached hydrogens (primary N) is 2. The molecular weight excluding hydrogens is 479 g/mol. The summed E-state index contributed by atoms with van der Waals surface area (Å²) in [5.41, 5.74) is 10.2. The smallest absolute Gasteiger partial charge is 0.321 e. The van der Waals surface area contributed by atoms with Crippen molar-refractivity contribution in [2.24, 2.45) is 11.5 Å². The summed E-state index contributed by atoms with van der Waals surface area (Å²) in [6.45, 7) is 0. The number of halogens is 9. The van der Waals surface area contributed by atoms with E-state index in [1.165, 1.54) is 24.3 Å². The number of alkyl halides is 9. The molecule has 0 heterocycles. The van der Waals surface area contributed by atoms with Crippen LogP contribution in [-0.2, 0) is 14.7 Å². The minimum Gasteiger partial charge on any atom is -0.321 e. The lowest BCUT2D eigenvalue weighted by atomic mass is 9.94. The quantitative estimate of drug-likeness (QED) is 0.561. The van der Waals surface area contributed by atoms with Gasteiger partial charge < -0.3 is 11.5 Å². The molecule has 0 saturated carbocycles. The van der Waals surface area contributed by atoms with Crippen molar-refractivity contribution in [2.45, 2.75) is 34.2 Å². The monoisotopic (exact) mass is 494 g/mol. The molecule has 0 amide bonds. The first-order chi connectivity index (χ1) is 14.4. The Balaban J connectivity index is 2.84. The molecule has 0 spiro atoms. The Bertz CT molecular complexity index is 1050. The summed E-state index contributed by atoms with van der Waals surface area (Å²) >= 11 is 0. The van der Waals surface area contributed by atoms with Crippen LogP contribution in [0.1, 0.15) is 17.2 Å². The van der Waals surface area contributed by atoms with E-state index in [1.54, 1.807) is 0 Å². The average molecular weight is 494 g/mol. The predicted octanol–water partition coefficient (Wildman–Crippen LogP) is 4.34. The summed E-state index contributed by atoms with van der Waals surface area (Å²) in [6.07, 6.45) is -7.21. The molecule has 0 radical (unpaired) electrons. The molecule has 4 nitrogen and oxygen atoms in total. The van der Waals surface area contributed by atoms with Crippen LogP contribution in [0.3, 0.4) is 0 Å². The topological polar surface area (TPSA) is 86.2 Å². The number of sulfone groups is 1. The third-order valence-electron chi connectivity index (χ3n) is 4.74. The van der Waals surface area contributed by atoms with Crippen molar-refractivity contribution < 1.29 is 47.9 Å². The first-order valence-corrected chi connectivity index (χ1v) is 9.95. The van der Waals surface area contributed by atoms with E-state index < -0.39 is 49.6 Å². The zero-order valence-electron chi connectivity index (χ0n) is 15.6. The van der Waals surface area contributed by atoms with Gasteiger partial charge in [-0.15, -0.1) is 0 Å². The van der Waals surface area contributed by atoms with Gasteiger partial charge in [-0.1, -0.05) is 60.7 Å². The molecule has 0 aliphatic rings. The van der Waals surface area contributed by atoms with Crippen molar-refractivity contribution in [1.82, 2.24) is 0 Å². The van der Waals surface area contributed by atoms with Gasteiger partial charge in [0.15, 0.2) is 4.87 Å². The highest BCUT2D eigenvalue weighted by Gasteiger charge is 2.86. The maximum absolute atomic E-state index is 14.6. The van der Waals surface area contributed by atoms with Gasteiger partial charge in [-0.05, 0) is 11.1 Å². The molecule has 32 heavy (non-hydrogen) atoms. The predicted molar refractivity (Wildman–Crippen MR) is 95.5 cm³/mol. The summed E-state index contributed by atoms with van der Waals surface area (Å²) in [4.78, 5) is -3.75. The lowest BCUT2D eigenvalue weighted by Gasteiger charge is -2.41. The second-order valence-electron chi connectivity index (χ2n) is 6.71. The standard InChI is InChI=1S/C18H15F9N2O2S/c19-15(20,17(23,24)25)16(21,22)18(26,27)32(30,31)14(29,12-9-5-2-6-10-12)13(28)11-7-3-1-4-8-11/h1-10,13H,28-29H2. The average Bonchev–Trinajstić information content (AvgIpc) is 2.72. The van der Waals surface area contributed by atoms with E-state index in [4.69, 9.17) is 11.5 Å². The number of rotatable bonds is 7. The Hall–Kier alpha value is -2.32. The summed E-state index contributed by atoms with van der Waals surface area (Å²) in [5.74, 6) is -14.9. The fourth-order valence-electron chi connectivity index (χ4n) is 2.85. The molecule has 0 aromatic heterocycles. The molecule has 14 heteroatoms. The van der Waals surface area contributed by atoms with Crippen LogP contribution in [0.2, 0.25) is 0 Å². The van der Waals surface area contributed by atoms with Crippen LogP contribution in [0.15, 0.2) is 60.7 Å². The summed E-state index contributed by atoms with van der Waals surface area (Å²) < 4.78 is 147. The van der Waals surface area contributed by atoms with Crippen molar-refractivity contribution >= 4 is 9.84 Å². The number of hydrogen-bond donors (Lipinski definition) is 2. The molecule has 178 valence electrons. The van der Waals surface area contributed by atoms with E-state index in [1.807, 2.05) is 0 Å². The minimum atomic E-state index is -7.44. The van der Waals surface area contributed by atoms with Gasteiger partial charge >= 0.3 is 23.3 Å². The van der Waals surface area contributed by atoms with Gasteiger partial charge in [-0.25, -0.2) is 8.42 Å². The van der Waals surface area contributed by atoms with Crippen molar-refractivity contribution in [3.05, 3.63) is 71.8 Å². The molecule has 4 N–H and O–H groups in total. The number of hydrogen-bond acceptors (Lipinski definition) is 4. The SMILES string of the molecule is NC(c1ccccc1)C(N)(c1ccccc1)S(=O)(=O)C(F)(F)C(F)(F)C(F)(F)C(F)(F)F. The molecule has 0 saturated heterocycles. The molecule has 0 aliphatic carbocycles. The zero-order chi connectivity index (χ0) is 24.8. The van der Waals surface area contributed by atoms with Gasteiger partial charge in [-0.2, -0.15) is 39.5 Å². The Kier molecular flexibility index (Phi) is 6.42. The Labute approximate surface area is 175 Å². The zero-order valence-corrected chi connectivity index (χ0v) is 16.4. The maximum Gasteiger partial charge on any atom is 0.460 e. The normalized spacial score (nSPS) is 17.0. The van der Waals surface area contributed by atoms with E-state index in [9.17, 15) is 47.9 Å². The lowest BCUT2D eigenvalue weighted by molar-refractivity contribution is -0.382. The van der Waals surface area contributed by atoms with Crippen LogP contribution in [-0.4, -0.2) is 31.7 Å². The molecule has 2 aromatic carbocycles. The third-order valence-corrected chi connectivity index (χ3v) is 7.05. The van der Waals surface area contributed by atoms with Crippen LogP contribution in [0.5, 0.6) is 0 Å². The van der Waals surface area contributed by atoms with E-state index in [-0.39, 0.29) is 5.56 Å². The Morgan fingerprint density at radius 2 is 1.09 bits per heavy atom. The van der Waals surface area contributed by atoms with E-state index in [2.05, 4.69) is 0 Å². The molecule has 2 atom stereocenters. The maximum atomic E-state index is 14.6. The van der Waals surface area contributed by atoms with Crippen molar-refractivity contribution in [3.63, 3.8) is 0 Å². The summed E-state index contributed by atoms with van der Waals surface area (Å²) in [6, 6.07) is 8.64. The molecule has 0 fully saturated rings. The first kappa shape index (κ1) is 25.9. The van der Waals surface area contributed by atoms with E-state index >= 15 is 0 Å². The second kappa shape index (κ2) is 7.92. The summed E-state index contributed by atoms with van der Waals surface area (Å²) in [5, 5.41) is -7.00. The fourth-order valence-corrected chi connectivity index (χ4v) is 4.66. The highest BCUT2D eigenvalue weighted by atomic mass is 32.2. The van der Waals surface area contributed by atoms with Crippen molar-refractivity contribution in [2.75, 3.05) is 0 Å². The molecule has 2 aromatic rings. The number of benzene rings is 2. The summed E-state index contributed by atoms with van der Waals surface area (Å²) in [7, 11) is -7.11. The van der Waals surface area contributed by atoms with Crippen molar-refractivity contribution in [1.29, 1.82) is 0 Å². The molecule has 0 aliphatic heterocycles. The highest BCUT2D eigenvalue weighted by Crippen LogP contribution is 2.57. The second-order valence-corrected chi connectivity index (χ2v) is 8.91.